The number of H-pyrrole nitrogens is 1. The highest BCUT2D eigenvalue weighted by atomic mass is 19.1. The normalized spacial score (nSPS) is 10.8. The molecule has 0 aliphatic heterocycles. The SMILES string of the molecule is Cc1ccc2c(CCNC(=O)NCCc3ccccc3F)c[nH]c2c1. The number of halogens is 1. The summed E-state index contributed by atoms with van der Waals surface area (Å²) < 4.78 is 13.5. The van der Waals surface area contributed by atoms with Crippen LogP contribution in [-0.2, 0) is 12.8 Å². The summed E-state index contributed by atoms with van der Waals surface area (Å²) in [7, 11) is 0. The van der Waals surface area contributed by atoms with Crippen molar-refractivity contribution in [2.75, 3.05) is 13.1 Å². The number of aromatic amines is 1. The molecule has 3 N–H and O–H groups in total. The highest BCUT2D eigenvalue weighted by Crippen LogP contribution is 2.19. The molecule has 3 rings (SSSR count). The number of carbonyl (C=O) groups excluding carboxylic acids is 1. The van der Waals surface area contributed by atoms with Crippen molar-refractivity contribution in [1.29, 1.82) is 0 Å². The van der Waals surface area contributed by atoms with Gasteiger partial charge in [0.15, 0.2) is 0 Å². The Balaban J connectivity index is 1.42. The van der Waals surface area contributed by atoms with E-state index in [1.54, 1.807) is 18.2 Å². The third-order valence-electron chi connectivity index (χ3n) is 4.24. The summed E-state index contributed by atoms with van der Waals surface area (Å²) in [6, 6.07) is 12.7. The summed E-state index contributed by atoms with van der Waals surface area (Å²) in [6.45, 7) is 3.01. The lowest BCUT2D eigenvalue weighted by Gasteiger charge is -2.08. The van der Waals surface area contributed by atoms with Crippen molar-refractivity contribution < 1.29 is 9.18 Å². The molecule has 0 spiro atoms. The maximum Gasteiger partial charge on any atom is 0.314 e. The van der Waals surface area contributed by atoms with Gasteiger partial charge < -0.3 is 15.6 Å². The molecule has 1 heterocycles. The third kappa shape index (κ3) is 4.38. The maximum absolute atomic E-state index is 13.5. The molecule has 2 aromatic carbocycles. The van der Waals surface area contributed by atoms with Crippen LogP contribution < -0.4 is 10.6 Å². The van der Waals surface area contributed by atoms with Gasteiger partial charge in [-0.25, -0.2) is 9.18 Å². The molecule has 25 heavy (non-hydrogen) atoms. The summed E-state index contributed by atoms with van der Waals surface area (Å²) in [5.41, 5.74) is 4.12. The largest absolute Gasteiger partial charge is 0.361 e. The molecule has 0 saturated heterocycles. The number of aromatic nitrogens is 1. The van der Waals surface area contributed by atoms with Gasteiger partial charge in [0, 0.05) is 30.2 Å². The summed E-state index contributed by atoms with van der Waals surface area (Å²) in [6.07, 6.45) is 3.22. The van der Waals surface area contributed by atoms with Crippen LogP contribution in [0.2, 0.25) is 0 Å². The molecule has 0 aliphatic carbocycles. The first-order valence-corrected chi connectivity index (χ1v) is 8.45. The topological polar surface area (TPSA) is 56.9 Å². The van der Waals surface area contributed by atoms with E-state index >= 15 is 0 Å². The molecule has 0 fully saturated rings. The van der Waals surface area contributed by atoms with Gasteiger partial charge in [0.25, 0.3) is 0 Å². The minimum Gasteiger partial charge on any atom is -0.361 e. The van der Waals surface area contributed by atoms with Gasteiger partial charge >= 0.3 is 6.03 Å². The summed E-state index contributed by atoms with van der Waals surface area (Å²) in [5.74, 6) is -0.237. The van der Waals surface area contributed by atoms with E-state index < -0.39 is 0 Å². The Labute approximate surface area is 146 Å². The second kappa shape index (κ2) is 7.83. The Morgan fingerprint density at radius 1 is 1.04 bits per heavy atom. The number of benzene rings is 2. The Morgan fingerprint density at radius 2 is 1.76 bits per heavy atom. The van der Waals surface area contributed by atoms with E-state index in [0.29, 0.717) is 25.1 Å². The van der Waals surface area contributed by atoms with E-state index in [-0.39, 0.29) is 11.8 Å². The predicted molar refractivity (Wildman–Crippen MR) is 98.2 cm³/mol. The van der Waals surface area contributed by atoms with E-state index in [1.165, 1.54) is 22.6 Å². The molecule has 0 unspecified atom stereocenters. The van der Waals surface area contributed by atoms with Crippen molar-refractivity contribution in [3.63, 3.8) is 0 Å². The van der Waals surface area contributed by atoms with Gasteiger partial charge in [0.2, 0.25) is 0 Å². The van der Waals surface area contributed by atoms with Gasteiger partial charge in [-0.3, -0.25) is 0 Å². The molecule has 3 aromatic rings. The first-order valence-electron chi connectivity index (χ1n) is 8.45. The zero-order chi connectivity index (χ0) is 17.6. The smallest absolute Gasteiger partial charge is 0.314 e. The number of nitrogens with one attached hydrogen (secondary N) is 3. The highest BCUT2D eigenvalue weighted by Gasteiger charge is 2.06. The summed E-state index contributed by atoms with van der Waals surface area (Å²) in [5, 5.41) is 6.79. The molecule has 0 saturated carbocycles. The van der Waals surface area contributed by atoms with Crippen LogP contribution in [0.25, 0.3) is 10.9 Å². The van der Waals surface area contributed by atoms with Crippen LogP contribution in [0.15, 0.2) is 48.7 Å². The van der Waals surface area contributed by atoms with E-state index in [4.69, 9.17) is 0 Å². The monoisotopic (exact) mass is 339 g/mol. The lowest BCUT2D eigenvalue weighted by Crippen LogP contribution is -2.37. The Kier molecular flexibility index (Phi) is 5.33. The van der Waals surface area contributed by atoms with Gasteiger partial charge in [0.05, 0.1) is 0 Å². The summed E-state index contributed by atoms with van der Waals surface area (Å²) in [4.78, 5) is 15.1. The van der Waals surface area contributed by atoms with Crippen LogP contribution in [0.5, 0.6) is 0 Å². The molecule has 4 nitrogen and oxygen atoms in total. The lowest BCUT2D eigenvalue weighted by atomic mass is 10.1. The second-order valence-electron chi connectivity index (χ2n) is 6.14. The Hall–Kier alpha value is -2.82. The molecular formula is C20H22FN3O. The zero-order valence-corrected chi connectivity index (χ0v) is 14.2. The standard InChI is InChI=1S/C20H22FN3O/c1-14-6-7-17-16(13-24-19(17)12-14)9-11-23-20(25)22-10-8-15-4-2-3-5-18(15)21/h2-7,12-13,24H,8-11H2,1H3,(H2,22,23,25). The average Bonchev–Trinajstić information content (AvgIpc) is 2.99. The van der Waals surface area contributed by atoms with Crippen molar-refractivity contribution in [1.82, 2.24) is 15.6 Å². The summed E-state index contributed by atoms with van der Waals surface area (Å²) >= 11 is 0. The van der Waals surface area contributed by atoms with Gasteiger partial charge in [-0.15, -0.1) is 0 Å². The van der Waals surface area contributed by atoms with Crippen LogP contribution in [0.1, 0.15) is 16.7 Å². The number of carbonyl (C=O) groups is 1. The van der Waals surface area contributed by atoms with E-state index in [0.717, 1.165) is 11.9 Å². The molecule has 130 valence electrons. The number of urea groups is 1. The first kappa shape index (κ1) is 17.0. The zero-order valence-electron chi connectivity index (χ0n) is 14.2. The minimum absolute atomic E-state index is 0.230. The maximum atomic E-state index is 13.5. The molecule has 0 radical (unpaired) electrons. The molecule has 1 aromatic heterocycles. The Bertz CT molecular complexity index is 872. The van der Waals surface area contributed by atoms with E-state index in [2.05, 4.69) is 40.7 Å². The highest BCUT2D eigenvalue weighted by molar-refractivity contribution is 5.83. The number of hydrogen-bond donors (Lipinski definition) is 3. The van der Waals surface area contributed by atoms with Crippen LogP contribution in [-0.4, -0.2) is 24.1 Å². The van der Waals surface area contributed by atoms with Crippen LogP contribution >= 0.6 is 0 Å². The van der Waals surface area contributed by atoms with Crippen LogP contribution in [0.4, 0.5) is 9.18 Å². The number of amides is 2. The molecular weight excluding hydrogens is 317 g/mol. The van der Waals surface area contributed by atoms with Crippen molar-refractivity contribution >= 4 is 16.9 Å². The molecule has 0 bridgehead atoms. The van der Waals surface area contributed by atoms with Gasteiger partial charge in [-0.05, 0) is 48.6 Å². The number of fused-ring (bicyclic) bond motifs is 1. The minimum atomic E-state index is -0.237. The fraction of sp³-hybridized carbons (Fsp3) is 0.250. The molecule has 0 aliphatic rings. The van der Waals surface area contributed by atoms with E-state index in [1.807, 2.05) is 6.20 Å². The van der Waals surface area contributed by atoms with Crippen LogP contribution in [0, 0.1) is 12.7 Å². The van der Waals surface area contributed by atoms with Gasteiger partial charge in [-0.1, -0.05) is 30.3 Å². The van der Waals surface area contributed by atoms with Crippen molar-refractivity contribution in [2.24, 2.45) is 0 Å². The lowest BCUT2D eigenvalue weighted by molar-refractivity contribution is 0.241. The van der Waals surface area contributed by atoms with Gasteiger partial charge in [-0.2, -0.15) is 0 Å². The predicted octanol–water partition coefficient (Wildman–Crippen LogP) is 3.70. The van der Waals surface area contributed by atoms with Crippen molar-refractivity contribution in [2.45, 2.75) is 19.8 Å². The van der Waals surface area contributed by atoms with E-state index in [9.17, 15) is 9.18 Å². The number of aryl methyl sites for hydroxylation is 1. The first-order chi connectivity index (χ1) is 12.1. The number of rotatable bonds is 6. The number of hydrogen-bond acceptors (Lipinski definition) is 1. The second-order valence-corrected chi connectivity index (χ2v) is 6.14. The van der Waals surface area contributed by atoms with Gasteiger partial charge in [0.1, 0.15) is 5.82 Å². The molecule has 2 amide bonds. The van der Waals surface area contributed by atoms with Crippen LogP contribution in [0.3, 0.4) is 0 Å². The van der Waals surface area contributed by atoms with Crippen molar-refractivity contribution in [3.8, 4) is 0 Å². The average molecular weight is 339 g/mol. The van der Waals surface area contributed by atoms with Crippen molar-refractivity contribution in [3.05, 3.63) is 71.2 Å². The molecule has 5 heteroatoms. The molecule has 0 atom stereocenters. The fourth-order valence-corrected chi connectivity index (χ4v) is 2.89. The fourth-order valence-electron chi connectivity index (χ4n) is 2.89. The third-order valence-corrected chi connectivity index (χ3v) is 4.24. The quantitative estimate of drug-likeness (QED) is 0.630. The Morgan fingerprint density at radius 3 is 2.52 bits per heavy atom.